The summed E-state index contributed by atoms with van der Waals surface area (Å²) in [7, 11) is 0. The lowest BCUT2D eigenvalue weighted by molar-refractivity contribution is -0.135. The minimum atomic E-state index is -1.05. The molecule has 0 fully saturated rings. The molecule has 3 aromatic rings. The van der Waals surface area contributed by atoms with Crippen LogP contribution in [-0.2, 0) is 9.59 Å². The molecule has 8 nitrogen and oxygen atoms in total. The van der Waals surface area contributed by atoms with Gasteiger partial charge in [-0.2, -0.15) is 5.10 Å². The molecule has 0 unspecified atom stereocenters. The first-order valence-electron chi connectivity index (χ1n) is 6.98. The Kier molecular flexibility index (Phi) is 3.94. The predicted molar refractivity (Wildman–Crippen MR) is 88.1 cm³/mol. The molecule has 1 aromatic heterocycles. The second-order valence-electron chi connectivity index (χ2n) is 5.03. The van der Waals surface area contributed by atoms with Crippen molar-refractivity contribution in [2.24, 2.45) is 0 Å². The van der Waals surface area contributed by atoms with Crippen LogP contribution in [0.15, 0.2) is 48.7 Å². The van der Waals surface area contributed by atoms with Gasteiger partial charge >= 0.3 is 11.8 Å². The SMILES string of the molecule is Nc1ccc(C(=O)NC(=O)C(=O)Nc2ccc3cn[nH]c3c2)cc1. The highest BCUT2D eigenvalue weighted by Gasteiger charge is 2.18. The van der Waals surface area contributed by atoms with Crippen LogP contribution in [0.5, 0.6) is 0 Å². The molecule has 0 radical (unpaired) electrons. The third-order valence-electron chi connectivity index (χ3n) is 3.31. The van der Waals surface area contributed by atoms with Crippen molar-refractivity contribution in [3.63, 3.8) is 0 Å². The number of imide groups is 1. The van der Waals surface area contributed by atoms with Crippen LogP contribution in [0, 0.1) is 0 Å². The van der Waals surface area contributed by atoms with Gasteiger partial charge in [0, 0.05) is 22.3 Å². The van der Waals surface area contributed by atoms with E-state index in [2.05, 4.69) is 15.5 Å². The summed E-state index contributed by atoms with van der Waals surface area (Å²) in [6.07, 6.45) is 1.64. The Morgan fingerprint density at radius 3 is 2.50 bits per heavy atom. The van der Waals surface area contributed by atoms with E-state index >= 15 is 0 Å². The highest BCUT2D eigenvalue weighted by molar-refractivity contribution is 6.42. The summed E-state index contributed by atoms with van der Waals surface area (Å²) in [5.74, 6) is -2.68. The Labute approximate surface area is 136 Å². The molecule has 24 heavy (non-hydrogen) atoms. The number of rotatable bonds is 2. The van der Waals surface area contributed by atoms with Crippen LogP contribution in [0.25, 0.3) is 10.9 Å². The van der Waals surface area contributed by atoms with Gasteiger partial charge in [-0.1, -0.05) is 0 Å². The van der Waals surface area contributed by atoms with Crippen molar-refractivity contribution >= 4 is 40.0 Å². The van der Waals surface area contributed by atoms with Gasteiger partial charge < -0.3 is 11.1 Å². The maximum absolute atomic E-state index is 11.9. The Morgan fingerprint density at radius 1 is 1.00 bits per heavy atom. The first kappa shape index (κ1) is 15.2. The highest BCUT2D eigenvalue weighted by Crippen LogP contribution is 2.16. The van der Waals surface area contributed by atoms with Gasteiger partial charge in [0.05, 0.1) is 11.7 Å². The lowest BCUT2D eigenvalue weighted by Gasteiger charge is -2.06. The molecule has 0 aliphatic rings. The number of anilines is 2. The van der Waals surface area contributed by atoms with E-state index in [0.29, 0.717) is 16.9 Å². The minimum Gasteiger partial charge on any atom is -0.399 e. The monoisotopic (exact) mass is 323 g/mol. The third-order valence-corrected chi connectivity index (χ3v) is 3.31. The highest BCUT2D eigenvalue weighted by atomic mass is 16.2. The average Bonchev–Trinajstić information content (AvgIpc) is 3.03. The van der Waals surface area contributed by atoms with Gasteiger partial charge in [0.2, 0.25) is 0 Å². The van der Waals surface area contributed by atoms with Crippen LogP contribution in [0.2, 0.25) is 0 Å². The molecule has 3 rings (SSSR count). The number of aromatic nitrogens is 2. The van der Waals surface area contributed by atoms with Crippen LogP contribution >= 0.6 is 0 Å². The molecular formula is C16H13N5O3. The number of aromatic amines is 1. The van der Waals surface area contributed by atoms with Crippen LogP contribution in [0.3, 0.4) is 0 Å². The molecule has 3 amide bonds. The molecule has 0 saturated heterocycles. The minimum absolute atomic E-state index is 0.226. The van der Waals surface area contributed by atoms with Crippen molar-refractivity contribution in [3.05, 3.63) is 54.2 Å². The summed E-state index contributed by atoms with van der Waals surface area (Å²) < 4.78 is 0. The summed E-state index contributed by atoms with van der Waals surface area (Å²) in [6, 6.07) is 11.0. The standard InChI is InChI=1S/C16H13N5O3/c17-11-4-1-9(2-5-11)14(22)20-16(24)15(23)19-12-6-3-10-8-18-21-13(10)7-12/h1-8H,17H2,(H,18,21)(H,19,23)(H,20,22,24). The molecule has 0 aliphatic heterocycles. The van der Waals surface area contributed by atoms with Gasteiger partial charge in [-0.15, -0.1) is 0 Å². The number of nitrogens with one attached hydrogen (secondary N) is 3. The van der Waals surface area contributed by atoms with Gasteiger partial charge in [-0.25, -0.2) is 0 Å². The van der Waals surface area contributed by atoms with Crippen molar-refractivity contribution in [1.29, 1.82) is 0 Å². The zero-order valence-electron chi connectivity index (χ0n) is 12.4. The van der Waals surface area contributed by atoms with Crippen LogP contribution in [-0.4, -0.2) is 27.9 Å². The second-order valence-corrected chi connectivity index (χ2v) is 5.03. The van der Waals surface area contributed by atoms with E-state index in [4.69, 9.17) is 5.73 Å². The fraction of sp³-hybridized carbons (Fsp3) is 0. The van der Waals surface area contributed by atoms with Gasteiger partial charge in [0.1, 0.15) is 0 Å². The third kappa shape index (κ3) is 3.22. The zero-order valence-corrected chi connectivity index (χ0v) is 12.4. The normalized spacial score (nSPS) is 10.3. The van der Waals surface area contributed by atoms with E-state index in [9.17, 15) is 14.4 Å². The van der Waals surface area contributed by atoms with Crippen LogP contribution in [0.1, 0.15) is 10.4 Å². The number of hydrogen-bond acceptors (Lipinski definition) is 5. The number of nitrogens with zero attached hydrogens (tertiary/aromatic N) is 1. The van der Waals surface area contributed by atoms with Gasteiger partial charge in [-0.3, -0.25) is 24.8 Å². The molecular weight excluding hydrogens is 310 g/mol. The van der Waals surface area contributed by atoms with E-state index in [0.717, 1.165) is 5.39 Å². The quantitative estimate of drug-likeness (QED) is 0.413. The Bertz CT molecular complexity index is 930. The number of carbonyl (C=O) groups excluding carboxylic acids is 3. The van der Waals surface area contributed by atoms with E-state index in [1.165, 1.54) is 24.3 Å². The summed E-state index contributed by atoms with van der Waals surface area (Å²) in [5.41, 5.74) is 7.36. The van der Waals surface area contributed by atoms with Crippen molar-refractivity contribution in [2.45, 2.75) is 0 Å². The molecule has 8 heteroatoms. The number of H-pyrrole nitrogens is 1. The van der Waals surface area contributed by atoms with Gasteiger partial charge in [-0.05, 0) is 42.5 Å². The largest absolute Gasteiger partial charge is 0.399 e. The van der Waals surface area contributed by atoms with Crippen LogP contribution < -0.4 is 16.4 Å². The zero-order chi connectivity index (χ0) is 17.1. The molecule has 0 saturated carbocycles. The Balaban J connectivity index is 1.64. The van der Waals surface area contributed by atoms with Crippen molar-refractivity contribution in [1.82, 2.24) is 15.5 Å². The number of hydrogen-bond donors (Lipinski definition) is 4. The molecule has 0 bridgehead atoms. The van der Waals surface area contributed by atoms with Crippen molar-refractivity contribution < 1.29 is 14.4 Å². The first-order valence-corrected chi connectivity index (χ1v) is 6.98. The molecule has 120 valence electrons. The Hall–Kier alpha value is -3.68. The fourth-order valence-corrected chi connectivity index (χ4v) is 2.07. The summed E-state index contributed by atoms with van der Waals surface area (Å²) in [5, 5.41) is 11.9. The second kappa shape index (κ2) is 6.21. The average molecular weight is 323 g/mol. The maximum Gasteiger partial charge on any atom is 0.316 e. The number of nitrogens with two attached hydrogens (primary N) is 1. The molecule has 1 heterocycles. The lowest BCUT2D eigenvalue weighted by Crippen LogP contribution is -2.39. The van der Waals surface area contributed by atoms with E-state index in [1.54, 1.807) is 24.4 Å². The van der Waals surface area contributed by atoms with E-state index in [-0.39, 0.29) is 5.56 Å². The lowest BCUT2D eigenvalue weighted by atomic mass is 10.2. The number of benzene rings is 2. The number of carbonyl (C=O) groups is 3. The van der Waals surface area contributed by atoms with E-state index in [1.807, 2.05) is 5.32 Å². The summed E-state index contributed by atoms with van der Waals surface area (Å²) >= 11 is 0. The number of nitrogen functional groups attached to an aromatic ring is 1. The molecule has 2 aromatic carbocycles. The predicted octanol–water partition coefficient (Wildman–Crippen LogP) is 1.04. The number of amides is 3. The van der Waals surface area contributed by atoms with Gasteiger partial charge in [0.25, 0.3) is 5.91 Å². The Morgan fingerprint density at radius 2 is 1.75 bits per heavy atom. The molecule has 0 atom stereocenters. The maximum atomic E-state index is 11.9. The molecule has 0 aliphatic carbocycles. The van der Waals surface area contributed by atoms with Crippen LogP contribution in [0.4, 0.5) is 11.4 Å². The molecule has 5 N–H and O–H groups in total. The van der Waals surface area contributed by atoms with E-state index < -0.39 is 17.7 Å². The fourth-order valence-electron chi connectivity index (χ4n) is 2.07. The molecule has 0 spiro atoms. The van der Waals surface area contributed by atoms with Crippen molar-refractivity contribution in [2.75, 3.05) is 11.1 Å². The number of fused-ring (bicyclic) bond motifs is 1. The van der Waals surface area contributed by atoms with Crippen molar-refractivity contribution in [3.8, 4) is 0 Å². The first-order chi connectivity index (χ1) is 11.5. The topological polar surface area (TPSA) is 130 Å². The van der Waals surface area contributed by atoms with Gasteiger partial charge in [0.15, 0.2) is 0 Å². The summed E-state index contributed by atoms with van der Waals surface area (Å²) in [6.45, 7) is 0. The smallest absolute Gasteiger partial charge is 0.316 e. The summed E-state index contributed by atoms with van der Waals surface area (Å²) in [4.78, 5) is 35.6.